The molecule has 2 rings (SSSR count). The van der Waals surface area contributed by atoms with E-state index in [0.717, 1.165) is 0 Å². The predicted octanol–water partition coefficient (Wildman–Crippen LogP) is 2.09. The van der Waals surface area contributed by atoms with Gasteiger partial charge >= 0.3 is 0 Å². The summed E-state index contributed by atoms with van der Waals surface area (Å²) < 4.78 is 0. The second kappa shape index (κ2) is 1.94. The van der Waals surface area contributed by atoms with E-state index in [9.17, 15) is 0 Å². The number of allylic oxidation sites excluding steroid dienone is 5. The van der Waals surface area contributed by atoms with E-state index in [-0.39, 0.29) is 0 Å². The minimum Gasteiger partial charge on any atom is -0.260 e. The van der Waals surface area contributed by atoms with Crippen molar-refractivity contribution in [1.29, 1.82) is 0 Å². The lowest BCUT2D eigenvalue weighted by Gasteiger charge is -2.10. The van der Waals surface area contributed by atoms with Gasteiger partial charge in [-0.1, -0.05) is 25.2 Å². The van der Waals surface area contributed by atoms with Gasteiger partial charge in [0.2, 0.25) is 0 Å². The maximum Gasteiger partial charge on any atom is 0.0542 e. The molecular weight excluding hydrogens is 122 g/mol. The van der Waals surface area contributed by atoms with Gasteiger partial charge in [0.25, 0.3) is 0 Å². The minimum atomic E-state index is 0.495. The topological polar surface area (TPSA) is 12.4 Å². The number of fused-ring (bicyclic) bond motifs is 1. The molecule has 0 aromatic heterocycles. The van der Waals surface area contributed by atoms with Crippen molar-refractivity contribution in [1.82, 2.24) is 0 Å². The highest BCUT2D eigenvalue weighted by atomic mass is 14.7. The Morgan fingerprint density at radius 2 is 2.40 bits per heavy atom. The molecule has 10 heavy (non-hydrogen) atoms. The van der Waals surface area contributed by atoms with Crippen molar-refractivity contribution in [2.45, 2.75) is 6.92 Å². The molecule has 0 spiro atoms. The highest BCUT2D eigenvalue weighted by Crippen LogP contribution is 2.20. The summed E-state index contributed by atoms with van der Waals surface area (Å²) in [7, 11) is 0. The van der Waals surface area contributed by atoms with Crippen LogP contribution in [0.3, 0.4) is 0 Å². The number of rotatable bonds is 0. The second-order valence-corrected chi connectivity index (χ2v) is 2.63. The molecule has 0 radical (unpaired) electrons. The fourth-order valence-corrected chi connectivity index (χ4v) is 1.30. The first-order chi connectivity index (χ1) is 4.88. The van der Waals surface area contributed by atoms with E-state index < -0.39 is 0 Å². The van der Waals surface area contributed by atoms with Gasteiger partial charge in [0.15, 0.2) is 0 Å². The Labute approximate surface area is 60.5 Å². The lowest BCUT2D eigenvalue weighted by molar-refractivity contribution is 0.993. The van der Waals surface area contributed by atoms with Crippen molar-refractivity contribution >= 4 is 5.71 Å². The van der Waals surface area contributed by atoms with Crippen molar-refractivity contribution in [2.24, 2.45) is 10.9 Å². The van der Waals surface area contributed by atoms with E-state index in [0.29, 0.717) is 5.92 Å². The largest absolute Gasteiger partial charge is 0.260 e. The number of nitrogens with zero attached hydrogens (tertiary/aromatic N) is 1. The fraction of sp³-hybridized carbons (Fsp3) is 0.222. The maximum atomic E-state index is 4.26. The van der Waals surface area contributed by atoms with Gasteiger partial charge in [-0.15, -0.1) is 0 Å². The third-order valence-corrected chi connectivity index (χ3v) is 1.87. The van der Waals surface area contributed by atoms with Crippen molar-refractivity contribution in [3.8, 4) is 0 Å². The smallest absolute Gasteiger partial charge is 0.0542 e. The van der Waals surface area contributed by atoms with Crippen LogP contribution in [-0.4, -0.2) is 5.71 Å². The predicted molar refractivity (Wildman–Crippen MR) is 43.0 cm³/mol. The Morgan fingerprint density at radius 3 is 3.20 bits per heavy atom. The molecule has 0 amide bonds. The van der Waals surface area contributed by atoms with Gasteiger partial charge in [0.1, 0.15) is 0 Å². The van der Waals surface area contributed by atoms with Crippen LogP contribution in [0.2, 0.25) is 0 Å². The molecule has 1 heterocycles. The maximum absolute atomic E-state index is 4.26. The molecule has 1 aliphatic heterocycles. The standard InChI is InChI=1S/C9H9N/c1-7-3-2-4-8-5-6-10-9(7)8/h2-7H,1H3/t7-/m0/s1. The Balaban J connectivity index is 2.45. The summed E-state index contributed by atoms with van der Waals surface area (Å²) in [5.74, 6) is 0.495. The molecule has 0 aromatic carbocycles. The van der Waals surface area contributed by atoms with Crippen LogP contribution in [0.1, 0.15) is 6.92 Å². The van der Waals surface area contributed by atoms with Gasteiger partial charge in [-0.05, 0) is 11.6 Å². The van der Waals surface area contributed by atoms with Gasteiger partial charge in [-0.2, -0.15) is 0 Å². The molecule has 0 fully saturated rings. The third kappa shape index (κ3) is 0.670. The monoisotopic (exact) mass is 131 g/mol. The molecule has 0 bridgehead atoms. The number of hydrogen-bond donors (Lipinski definition) is 0. The van der Waals surface area contributed by atoms with E-state index >= 15 is 0 Å². The van der Waals surface area contributed by atoms with E-state index in [1.54, 1.807) is 0 Å². The summed E-state index contributed by atoms with van der Waals surface area (Å²) >= 11 is 0. The van der Waals surface area contributed by atoms with Crippen LogP contribution in [0, 0.1) is 5.92 Å². The molecule has 1 heteroatoms. The first-order valence-corrected chi connectivity index (χ1v) is 3.51. The van der Waals surface area contributed by atoms with Crippen LogP contribution >= 0.6 is 0 Å². The van der Waals surface area contributed by atoms with E-state index in [1.165, 1.54) is 11.3 Å². The van der Waals surface area contributed by atoms with Crippen molar-refractivity contribution in [2.75, 3.05) is 0 Å². The molecule has 0 unspecified atom stereocenters. The van der Waals surface area contributed by atoms with Crippen LogP contribution in [0.15, 0.2) is 41.1 Å². The molecule has 0 saturated carbocycles. The average Bonchev–Trinajstić information content (AvgIpc) is 2.36. The van der Waals surface area contributed by atoms with Crippen LogP contribution in [0.5, 0.6) is 0 Å². The van der Waals surface area contributed by atoms with Gasteiger partial charge in [-0.25, -0.2) is 0 Å². The zero-order chi connectivity index (χ0) is 6.97. The van der Waals surface area contributed by atoms with Crippen LogP contribution in [-0.2, 0) is 0 Å². The highest BCUT2D eigenvalue weighted by molar-refractivity contribution is 6.08. The Morgan fingerprint density at radius 1 is 1.50 bits per heavy atom. The molecular formula is C9H9N. The first-order valence-electron chi connectivity index (χ1n) is 3.51. The molecule has 1 atom stereocenters. The highest BCUT2D eigenvalue weighted by Gasteiger charge is 2.15. The summed E-state index contributed by atoms with van der Waals surface area (Å²) in [6, 6.07) is 0. The molecule has 1 aliphatic carbocycles. The Hall–Kier alpha value is -1.11. The van der Waals surface area contributed by atoms with Crippen molar-refractivity contribution in [3.05, 3.63) is 36.1 Å². The van der Waals surface area contributed by atoms with Gasteiger partial charge < -0.3 is 0 Å². The number of hydrogen-bond acceptors (Lipinski definition) is 1. The molecule has 0 N–H and O–H groups in total. The van der Waals surface area contributed by atoms with Crippen LogP contribution in [0.4, 0.5) is 0 Å². The molecule has 1 nitrogen and oxygen atoms in total. The minimum absolute atomic E-state index is 0.495. The Kier molecular flexibility index (Phi) is 1.10. The van der Waals surface area contributed by atoms with Gasteiger partial charge in [0, 0.05) is 12.1 Å². The summed E-state index contributed by atoms with van der Waals surface area (Å²) in [5, 5.41) is 0. The summed E-state index contributed by atoms with van der Waals surface area (Å²) in [5.41, 5.74) is 2.48. The summed E-state index contributed by atoms with van der Waals surface area (Å²) in [6.07, 6.45) is 10.3. The Bertz CT molecular complexity index is 266. The summed E-state index contributed by atoms with van der Waals surface area (Å²) in [6.45, 7) is 2.16. The van der Waals surface area contributed by atoms with Gasteiger partial charge in [0.05, 0.1) is 5.71 Å². The lowest BCUT2D eigenvalue weighted by Crippen LogP contribution is -2.10. The summed E-state index contributed by atoms with van der Waals surface area (Å²) in [4.78, 5) is 4.26. The third-order valence-electron chi connectivity index (χ3n) is 1.87. The molecule has 0 aromatic rings. The van der Waals surface area contributed by atoms with Crippen LogP contribution in [0.25, 0.3) is 0 Å². The van der Waals surface area contributed by atoms with Crippen molar-refractivity contribution in [3.63, 3.8) is 0 Å². The first kappa shape index (κ1) is 5.66. The van der Waals surface area contributed by atoms with E-state index in [2.05, 4.69) is 36.2 Å². The van der Waals surface area contributed by atoms with Crippen LogP contribution < -0.4 is 0 Å². The van der Waals surface area contributed by atoms with Gasteiger partial charge in [-0.3, -0.25) is 4.99 Å². The second-order valence-electron chi connectivity index (χ2n) is 2.63. The molecule has 50 valence electrons. The molecule has 0 saturated heterocycles. The molecule has 2 aliphatic rings. The fourth-order valence-electron chi connectivity index (χ4n) is 1.30. The zero-order valence-electron chi connectivity index (χ0n) is 5.91. The number of aliphatic imine (C=N–C) groups is 1. The van der Waals surface area contributed by atoms with Crippen molar-refractivity contribution < 1.29 is 0 Å². The lowest BCUT2D eigenvalue weighted by atomic mass is 9.95. The quantitative estimate of drug-likeness (QED) is 0.477. The SMILES string of the molecule is C[C@H]1C=CC=C2C=CN=C21. The zero-order valence-corrected chi connectivity index (χ0v) is 5.91. The van der Waals surface area contributed by atoms with E-state index in [4.69, 9.17) is 0 Å². The average molecular weight is 131 g/mol. The normalized spacial score (nSPS) is 27.9. The van der Waals surface area contributed by atoms with E-state index in [1.807, 2.05) is 6.20 Å².